The van der Waals surface area contributed by atoms with Crippen molar-refractivity contribution in [1.82, 2.24) is 4.72 Å². The Balaban J connectivity index is 2.90. The zero-order chi connectivity index (χ0) is 14.0. The van der Waals surface area contributed by atoms with Crippen LogP contribution in [0.25, 0.3) is 0 Å². The van der Waals surface area contributed by atoms with Crippen LogP contribution in [0.1, 0.15) is 0 Å². The molecule has 0 atom stereocenters. The molecule has 0 amide bonds. The number of alkyl halides is 2. The summed E-state index contributed by atoms with van der Waals surface area (Å²) < 4.78 is 63.7. The van der Waals surface area contributed by atoms with Crippen LogP contribution in [0.4, 0.5) is 13.2 Å². The van der Waals surface area contributed by atoms with Crippen LogP contribution in [0.5, 0.6) is 0 Å². The molecule has 102 valence electrons. The van der Waals surface area contributed by atoms with Crippen molar-refractivity contribution in [3.05, 3.63) is 28.5 Å². The van der Waals surface area contributed by atoms with Gasteiger partial charge < -0.3 is 5.73 Å². The molecule has 1 aromatic rings. The molecule has 4 nitrogen and oxygen atoms in total. The van der Waals surface area contributed by atoms with Gasteiger partial charge in [-0.15, -0.1) is 0 Å². The molecule has 0 radical (unpaired) electrons. The zero-order valence-corrected chi connectivity index (χ0v) is 11.4. The van der Waals surface area contributed by atoms with E-state index in [9.17, 15) is 21.6 Å². The SMILES string of the molecule is NCC(F)(F)CNS(=O)(=O)c1ccc(Br)c(F)c1. The molecule has 1 aromatic carbocycles. The molecule has 1 rings (SSSR count). The fraction of sp³-hybridized carbons (Fsp3) is 0.333. The summed E-state index contributed by atoms with van der Waals surface area (Å²) in [5.74, 6) is -4.15. The lowest BCUT2D eigenvalue weighted by atomic mass is 10.3. The molecular weight excluding hydrogens is 337 g/mol. The first kappa shape index (κ1) is 15.4. The zero-order valence-electron chi connectivity index (χ0n) is 8.96. The van der Waals surface area contributed by atoms with Gasteiger partial charge in [0.05, 0.1) is 22.5 Å². The van der Waals surface area contributed by atoms with Crippen molar-refractivity contribution in [2.24, 2.45) is 5.73 Å². The molecule has 0 aliphatic rings. The predicted octanol–water partition coefficient (Wildman–Crippen LogP) is 1.46. The molecule has 0 saturated carbocycles. The van der Waals surface area contributed by atoms with Gasteiger partial charge in [0.25, 0.3) is 5.92 Å². The summed E-state index contributed by atoms with van der Waals surface area (Å²) in [6.07, 6.45) is 0. The highest BCUT2D eigenvalue weighted by Crippen LogP contribution is 2.19. The molecular formula is C9H10BrF3N2O2S. The number of benzene rings is 1. The first-order valence-corrected chi connectivity index (χ1v) is 6.98. The van der Waals surface area contributed by atoms with E-state index in [1.165, 1.54) is 6.07 Å². The van der Waals surface area contributed by atoms with Crippen LogP contribution < -0.4 is 10.5 Å². The molecule has 0 aliphatic heterocycles. The minimum Gasteiger partial charge on any atom is -0.325 e. The van der Waals surface area contributed by atoms with Crippen molar-refractivity contribution >= 4 is 26.0 Å². The van der Waals surface area contributed by atoms with Crippen LogP contribution in [-0.4, -0.2) is 27.4 Å². The molecule has 18 heavy (non-hydrogen) atoms. The van der Waals surface area contributed by atoms with Gasteiger partial charge in [-0.1, -0.05) is 0 Å². The Bertz CT molecular complexity index is 537. The quantitative estimate of drug-likeness (QED) is 0.847. The maximum atomic E-state index is 13.1. The maximum Gasteiger partial charge on any atom is 0.273 e. The first-order chi connectivity index (χ1) is 8.18. The first-order valence-electron chi connectivity index (χ1n) is 4.70. The summed E-state index contributed by atoms with van der Waals surface area (Å²) in [7, 11) is -4.19. The Morgan fingerprint density at radius 3 is 2.50 bits per heavy atom. The van der Waals surface area contributed by atoms with Gasteiger partial charge in [0, 0.05) is 0 Å². The molecule has 0 aliphatic carbocycles. The van der Waals surface area contributed by atoms with E-state index in [0.717, 1.165) is 12.1 Å². The number of halogens is 4. The van der Waals surface area contributed by atoms with Gasteiger partial charge in [0.1, 0.15) is 5.82 Å². The standard InChI is InChI=1S/C9H10BrF3N2O2S/c10-7-2-1-6(3-8(7)11)18(16,17)15-5-9(12,13)4-14/h1-3,15H,4-5,14H2. The number of nitrogens with two attached hydrogens (primary N) is 1. The molecule has 0 spiro atoms. The molecule has 0 fully saturated rings. The van der Waals surface area contributed by atoms with Crippen molar-refractivity contribution in [2.75, 3.05) is 13.1 Å². The van der Waals surface area contributed by atoms with Gasteiger partial charge in [0.15, 0.2) is 0 Å². The molecule has 9 heteroatoms. The lowest BCUT2D eigenvalue weighted by Gasteiger charge is -2.14. The fourth-order valence-corrected chi connectivity index (χ4v) is 2.32. The van der Waals surface area contributed by atoms with Gasteiger partial charge in [-0.3, -0.25) is 0 Å². The minimum absolute atomic E-state index is 0.0775. The molecule has 0 bridgehead atoms. The van der Waals surface area contributed by atoms with Crippen LogP contribution in [0, 0.1) is 5.82 Å². The lowest BCUT2D eigenvalue weighted by Crippen LogP contribution is -2.41. The van der Waals surface area contributed by atoms with E-state index in [4.69, 9.17) is 5.73 Å². The summed E-state index contributed by atoms with van der Waals surface area (Å²) in [5.41, 5.74) is 4.77. The average molecular weight is 347 g/mol. The second-order valence-corrected chi connectivity index (χ2v) is 6.08. The molecule has 0 heterocycles. The third-order valence-electron chi connectivity index (χ3n) is 2.02. The Morgan fingerprint density at radius 2 is 2.00 bits per heavy atom. The van der Waals surface area contributed by atoms with Crippen molar-refractivity contribution in [3.8, 4) is 0 Å². The van der Waals surface area contributed by atoms with E-state index in [-0.39, 0.29) is 4.47 Å². The van der Waals surface area contributed by atoms with Gasteiger partial charge >= 0.3 is 0 Å². The Morgan fingerprint density at radius 1 is 1.39 bits per heavy atom. The van der Waals surface area contributed by atoms with E-state index in [0.29, 0.717) is 0 Å². The van der Waals surface area contributed by atoms with Crippen molar-refractivity contribution in [1.29, 1.82) is 0 Å². The third-order valence-corrected chi connectivity index (χ3v) is 4.06. The highest BCUT2D eigenvalue weighted by atomic mass is 79.9. The van der Waals surface area contributed by atoms with Crippen molar-refractivity contribution in [2.45, 2.75) is 10.8 Å². The number of hydrogen-bond donors (Lipinski definition) is 2. The van der Waals surface area contributed by atoms with Gasteiger partial charge in [-0.05, 0) is 34.1 Å². The minimum atomic E-state index is -4.19. The van der Waals surface area contributed by atoms with Crippen LogP contribution >= 0.6 is 15.9 Å². The highest BCUT2D eigenvalue weighted by Gasteiger charge is 2.29. The highest BCUT2D eigenvalue weighted by molar-refractivity contribution is 9.10. The van der Waals surface area contributed by atoms with E-state index in [1.807, 2.05) is 0 Å². The van der Waals surface area contributed by atoms with E-state index in [1.54, 1.807) is 4.72 Å². The number of hydrogen-bond acceptors (Lipinski definition) is 3. The van der Waals surface area contributed by atoms with E-state index < -0.39 is 39.7 Å². The molecule has 0 saturated heterocycles. The van der Waals surface area contributed by atoms with Gasteiger partial charge in [-0.25, -0.2) is 26.3 Å². The summed E-state index contributed by atoms with van der Waals surface area (Å²) in [6.45, 7) is -2.12. The predicted molar refractivity (Wildman–Crippen MR) is 63.3 cm³/mol. The Kier molecular flexibility index (Phi) is 4.76. The Hall–Kier alpha value is -0.640. The molecule has 0 unspecified atom stereocenters. The van der Waals surface area contributed by atoms with Crippen LogP contribution in [0.2, 0.25) is 0 Å². The topological polar surface area (TPSA) is 72.2 Å². The normalized spacial score (nSPS) is 12.7. The lowest BCUT2D eigenvalue weighted by molar-refractivity contribution is 0.0170. The fourth-order valence-electron chi connectivity index (χ4n) is 1.00. The number of sulfonamides is 1. The van der Waals surface area contributed by atoms with Crippen molar-refractivity contribution in [3.63, 3.8) is 0 Å². The van der Waals surface area contributed by atoms with E-state index >= 15 is 0 Å². The van der Waals surface area contributed by atoms with Crippen LogP contribution in [0.15, 0.2) is 27.6 Å². The van der Waals surface area contributed by atoms with Gasteiger partial charge in [-0.2, -0.15) is 0 Å². The van der Waals surface area contributed by atoms with Gasteiger partial charge in [0.2, 0.25) is 10.0 Å². The molecule has 0 aromatic heterocycles. The number of rotatable bonds is 5. The van der Waals surface area contributed by atoms with E-state index in [2.05, 4.69) is 15.9 Å². The monoisotopic (exact) mass is 346 g/mol. The van der Waals surface area contributed by atoms with Crippen LogP contribution in [0.3, 0.4) is 0 Å². The average Bonchev–Trinajstić information content (AvgIpc) is 2.30. The van der Waals surface area contributed by atoms with Crippen molar-refractivity contribution < 1.29 is 21.6 Å². The summed E-state index contributed by atoms with van der Waals surface area (Å²) in [6, 6.07) is 2.99. The summed E-state index contributed by atoms with van der Waals surface area (Å²) in [4.78, 5) is -0.434. The second-order valence-electron chi connectivity index (χ2n) is 3.46. The Labute approximate surface area is 111 Å². The number of nitrogens with one attached hydrogen (secondary N) is 1. The van der Waals surface area contributed by atoms with Crippen LogP contribution in [-0.2, 0) is 10.0 Å². The maximum absolute atomic E-state index is 13.1. The summed E-state index contributed by atoms with van der Waals surface area (Å²) in [5, 5.41) is 0. The second kappa shape index (κ2) is 5.55. The summed E-state index contributed by atoms with van der Waals surface area (Å²) >= 11 is 2.85. The smallest absolute Gasteiger partial charge is 0.273 e. The largest absolute Gasteiger partial charge is 0.325 e. The third kappa shape index (κ3) is 3.94. The molecule has 3 N–H and O–H groups in total.